The van der Waals surface area contributed by atoms with Crippen LogP contribution < -0.4 is 24.4 Å². The van der Waals surface area contributed by atoms with Gasteiger partial charge in [-0.15, -0.1) is 0 Å². The first-order valence-corrected chi connectivity index (χ1v) is 12.3. The van der Waals surface area contributed by atoms with Gasteiger partial charge < -0.3 is 29.4 Å². The SMILES string of the molecule is CCOC(=O)C1=CC(=CC[NH+]2C=CNC2CC(C)C)c2c(cc3c(c2OC)CC(C(C)(C)O)O3)O1. The Bertz CT molecular complexity index is 1070. The Kier molecular flexibility index (Phi) is 7.15. The summed E-state index contributed by atoms with van der Waals surface area (Å²) in [7, 11) is 1.62. The minimum absolute atomic E-state index is 0.119. The second-order valence-corrected chi connectivity index (χ2v) is 10.2. The highest BCUT2D eigenvalue weighted by Crippen LogP contribution is 2.49. The average molecular weight is 486 g/mol. The molecule has 8 nitrogen and oxygen atoms in total. The van der Waals surface area contributed by atoms with Crippen LogP contribution in [0.5, 0.6) is 17.2 Å². The monoisotopic (exact) mass is 485 g/mol. The summed E-state index contributed by atoms with van der Waals surface area (Å²) < 4.78 is 23.2. The first-order chi connectivity index (χ1) is 16.6. The molecule has 35 heavy (non-hydrogen) atoms. The molecule has 4 rings (SSSR count). The number of hydrogen-bond donors (Lipinski definition) is 3. The van der Waals surface area contributed by atoms with Crippen LogP contribution in [0.1, 0.15) is 52.2 Å². The fourth-order valence-corrected chi connectivity index (χ4v) is 4.75. The van der Waals surface area contributed by atoms with Gasteiger partial charge in [0.1, 0.15) is 36.1 Å². The van der Waals surface area contributed by atoms with Crippen LogP contribution in [0.2, 0.25) is 0 Å². The zero-order valence-corrected chi connectivity index (χ0v) is 21.4. The van der Waals surface area contributed by atoms with Gasteiger partial charge in [-0.05, 0) is 44.4 Å². The lowest BCUT2D eigenvalue weighted by molar-refractivity contribution is -0.865. The van der Waals surface area contributed by atoms with Gasteiger partial charge in [-0.3, -0.25) is 4.90 Å². The molecule has 0 saturated heterocycles. The molecule has 0 bridgehead atoms. The van der Waals surface area contributed by atoms with Crippen molar-refractivity contribution in [2.24, 2.45) is 5.92 Å². The molecule has 0 spiro atoms. The van der Waals surface area contributed by atoms with Crippen LogP contribution in [-0.4, -0.2) is 49.2 Å². The fraction of sp³-hybridized carbons (Fsp3) is 0.519. The second-order valence-electron chi connectivity index (χ2n) is 10.2. The number of ether oxygens (including phenoxy) is 4. The molecule has 3 N–H and O–H groups in total. The molecule has 3 atom stereocenters. The van der Waals surface area contributed by atoms with E-state index in [-0.39, 0.29) is 12.4 Å². The van der Waals surface area contributed by atoms with Crippen LogP contribution in [0, 0.1) is 5.92 Å². The lowest BCUT2D eigenvalue weighted by Gasteiger charge is -2.24. The molecule has 3 unspecified atom stereocenters. The van der Waals surface area contributed by atoms with Crippen molar-refractivity contribution >= 4 is 11.5 Å². The largest absolute Gasteiger partial charge is 0.496 e. The zero-order valence-electron chi connectivity index (χ0n) is 21.4. The van der Waals surface area contributed by atoms with Crippen molar-refractivity contribution in [3.63, 3.8) is 0 Å². The van der Waals surface area contributed by atoms with Gasteiger partial charge in [-0.25, -0.2) is 4.79 Å². The van der Waals surface area contributed by atoms with Crippen molar-refractivity contribution in [1.29, 1.82) is 0 Å². The first-order valence-electron chi connectivity index (χ1n) is 12.3. The Morgan fingerprint density at radius 3 is 2.80 bits per heavy atom. The summed E-state index contributed by atoms with van der Waals surface area (Å²) in [6.45, 7) is 10.6. The lowest BCUT2D eigenvalue weighted by Crippen LogP contribution is -3.11. The maximum atomic E-state index is 12.6. The molecular weight excluding hydrogens is 448 g/mol. The van der Waals surface area contributed by atoms with Crippen LogP contribution in [0.15, 0.2) is 36.4 Å². The predicted molar refractivity (Wildman–Crippen MR) is 132 cm³/mol. The zero-order chi connectivity index (χ0) is 25.3. The Labute approximate surface area is 207 Å². The van der Waals surface area contributed by atoms with E-state index in [2.05, 4.69) is 31.4 Å². The van der Waals surface area contributed by atoms with Gasteiger partial charge in [-0.1, -0.05) is 13.8 Å². The highest BCUT2D eigenvalue weighted by atomic mass is 16.6. The molecule has 3 aliphatic heterocycles. The Balaban J connectivity index is 1.74. The fourth-order valence-electron chi connectivity index (χ4n) is 4.75. The lowest BCUT2D eigenvalue weighted by atomic mass is 9.92. The average Bonchev–Trinajstić information content (AvgIpc) is 3.41. The molecule has 0 amide bonds. The van der Waals surface area contributed by atoms with Gasteiger partial charge in [0.15, 0.2) is 6.17 Å². The van der Waals surface area contributed by atoms with Gasteiger partial charge in [0, 0.05) is 24.5 Å². The van der Waals surface area contributed by atoms with E-state index in [9.17, 15) is 9.90 Å². The van der Waals surface area contributed by atoms with Crippen LogP contribution in [0.3, 0.4) is 0 Å². The summed E-state index contributed by atoms with van der Waals surface area (Å²) >= 11 is 0. The number of benzene rings is 1. The number of allylic oxidation sites excluding steroid dienone is 2. The van der Waals surface area contributed by atoms with Crippen LogP contribution in [0.4, 0.5) is 0 Å². The van der Waals surface area contributed by atoms with E-state index in [0.29, 0.717) is 42.3 Å². The minimum Gasteiger partial charge on any atom is -0.496 e. The van der Waals surface area contributed by atoms with Crippen molar-refractivity contribution in [2.75, 3.05) is 20.3 Å². The van der Waals surface area contributed by atoms with E-state index in [1.165, 1.54) is 4.90 Å². The van der Waals surface area contributed by atoms with Crippen LogP contribution in [0.25, 0.3) is 5.57 Å². The molecule has 1 aromatic carbocycles. The Morgan fingerprint density at radius 2 is 2.14 bits per heavy atom. The summed E-state index contributed by atoms with van der Waals surface area (Å²) in [5.74, 6) is 1.86. The highest BCUT2D eigenvalue weighted by molar-refractivity contribution is 5.95. The summed E-state index contributed by atoms with van der Waals surface area (Å²) in [5.41, 5.74) is 1.46. The molecular formula is C27H37N2O6+. The third-order valence-electron chi connectivity index (χ3n) is 6.54. The summed E-state index contributed by atoms with van der Waals surface area (Å²) in [4.78, 5) is 13.9. The predicted octanol–water partition coefficient (Wildman–Crippen LogP) is 2.32. The third-order valence-corrected chi connectivity index (χ3v) is 6.54. The van der Waals surface area contributed by atoms with Gasteiger partial charge in [-0.2, -0.15) is 0 Å². The molecule has 0 radical (unpaired) electrons. The number of carbonyl (C=O) groups is 1. The normalized spacial score (nSPS) is 23.8. The van der Waals surface area contributed by atoms with Crippen LogP contribution in [-0.2, 0) is 16.0 Å². The molecule has 0 fully saturated rings. The van der Waals surface area contributed by atoms with Gasteiger partial charge in [0.2, 0.25) is 5.76 Å². The number of rotatable bonds is 8. The van der Waals surface area contributed by atoms with E-state index in [4.69, 9.17) is 18.9 Å². The Morgan fingerprint density at radius 1 is 1.37 bits per heavy atom. The summed E-state index contributed by atoms with van der Waals surface area (Å²) in [5, 5.41) is 14.0. The number of carbonyl (C=O) groups excluding carboxylic acids is 1. The first kappa shape index (κ1) is 25.1. The number of methoxy groups -OCH3 is 1. The topological polar surface area (TPSA) is 90.7 Å². The summed E-state index contributed by atoms with van der Waals surface area (Å²) in [6.07, 6.45) is 9.40. The maximum Gasteiger partial charge on any atom is 0.374 e. The molecule has 0 saturated carbocycles. The Hall–Kier alpha value is -2.97. The van der Waals surface area contributed by atoms with Gasteiger partial charge in [0.05, 0.1) is 31.1 Å². The highest BCUT2D eigenvalue weighted by Gasteiger charge is 2.39. The molecule has 0 aliphatic carbocycles. The van der Waals surface area contributed by atoms with Crippen molar-refractivity contribution < 1.29 is 33.7 Å². The maximum absolute atomic E-state index is 12.6. The van der Waals surface area contributed by atoms with Crippen LogP contribution >= 0.6 is 0 Å². The molecule has 8 heteroatoms. The number of fused-ring (bicyclic) bond motifs is 2. The number of nitrogens with one attached hydrogen (secondary N) is 2. The van der Waals surface area contributed by atoms with Gasteiger partial charge >= 0.3 is 5.97 Å². The molecule has 3 heterocycles. The molecule has 0 aromatic heterocycles. The molecule has 1 aromatic rings. The number of esters is 1. The summed E-state index contributed by atoms with van der Waals surface area (Å²) in [6, 6.07) is 1.78. The van der Waals surface area contributed by atoms with Gasteiger partial charge in [0.25, 0.3) is 0 Å². The smallest absolute Gasteiger partial charge is 0.374 e. The van der Waals surface area contributed by atoms with E-state index >= 15 is 0 Å². The van der Waals surface area contributed by atoms with E-state index < -0.39 is 17.7 Å². The number of aliphatic hydroxyl groups is 1. The molecule has 3 aliphatic rings. The van der Waals surface area contributed by atoms with Crippen molar-refractivity contribution in [1.82, 2.24) is 5.32 Å². The quantitative estimate of drug-likeness (QED) is 0.487. The second kappa shape index (κ2) is 9.95. The van der Waals surface area contributed by atoms with E-state index in [0.717, 1.165) is 23.1 Å². The van der Waals surface area contributed by atoms with Crippen molar-refractivity contribution in [2.45, 2.75) is 65.3 Å². The number of hydrogen-bond acceptors (Lipinski definition) is 7. The van der Waals surface area contributed by atoms with E-state index in [1.54, 1.807) is 40.0 Å². The van der Waals surface area contributed by atoms with Crippen molar-refractivity contribution in [3.8, 4) is 17.2 Å². The minimum atomic E-state index is -1.03. The number of quaternary nitrogens is 1. The van der Waals surface area contributed by atoms with Crippen molar-refractivity contribution in [3.05, 3.63) is 47.5 Å². The third kappa shape index (κ3) is 5.18. The standard InChI is InChI=1S/C27H36N2O6/c1-7-33-26(30)21-13-17(8-10-29-11-9-28-23(29)12-16(2)3)24-20(34-21)15-19-18(25(24)32-6)14-22(35-19)27(4,5)31/h8-9,11,13,15-16,22-23,28,31H,7,10,12,14H2,1-6H3/p+1. The molecule has 190 valence electrons. The van der Waals surface area contributed by atoms with E-state index in [1.807, 2.05) is 6.20 Å².